The van der Waals surface area contributed by atoms with Crippen LogP contribution in [0, 0.1) is 0 Å². The van der Waals surface area contributed by atoms with Crippen LogP contribution in [0.4, 0.5) is 5.69 Å². The van der Waals surface area contributed by atoms with E-state index in [-0.39, 0.29) is 17.2 Å². The van der Waals surface area contributed by atoms with Crippen LogP contribution < -0.4 is 5.32 Å². The number of likely N-dealkylation sites (tertiary alicyclic amines) is 1. The first kappa shape index (κ1) is 22.7. The van der Waals surface area contributed by atoms with Crippen LogP contribution in [0.1, 0.15) is 74.2 Å². The maximum atomic E-state index is 12.6. The van der Waals surface area contributed by atoms with Gasteiger partial charge in [-0.1, -0.05) is 32.9 Å². The molecule has 0 unspecified atom stereocenters. The fourth-order valence-corrected chi connectivity index (χ4v) is 5.71. The standard InChI is InChI=1S/C26H33N3O2S/c1-26(2,3)22-17-32-25(28-22)19-13-15-29(16-14-19)24(31)12-11-23(30)27-21-10-6-8-18-7-4-5-9-20(18)21/h6,8,10-12,17,19H,4-5,7,9,13-16H2,1-3H3,(H,27,30)/b12-11+. The first-order chi connectivity index (χ1) is 15.3. The third-order valence-corrected chi connectivity index (χ3v) is 7.48. The molecule has 1 aromatic heterocycles. The van der Waals surface area contributed by atoms with Crippen molar-refractivity contribution in [1.82, 2.24) is 9.88 Å². The molecule has 1 aliphatic heterocycles. The topological polar surface area (TPSA) is 62.3 Å². The summed E-state index contributed by atoms with van der Waals surface area (Å²) < 4.78 is 0. The molecule has 2 heterocycles. The van der Waals surface area contributed by atoms with Crippen LogP contribution in [0.25, 0.3) is 0 Å². The van der Waals surface area contributed by atoms with Crippen LogP contribution in [-0.4, -0.2) is 34.8 Å². The second kappa shape index (κ2) is 9.57. The fourth-order valence-electron chi connectivity index (χ4n) is 4.49. The monoisotopic (exact) mass is 451 g/mol. The Morgan fingerprint density at radius 3 is 2.59 bits per heavy atom. The van der Waals surface area contributed by atoms with E-state index in [4.69, 9.17) is 4.98 Å². The second-order valence-electron chi connectivity index (χ2n) is 9.89. The molecule has 0 bridgehead atoms. The number of nitrogens with zero attached hydrogens (tertiary/aromatic N) is 2. The van der Waals surface area contributed by atoms with Crippen molar-refractivity contribution in [2.24, 2.45) is 0 Å². The molecule has 2 aromatic rings. The van der Waals surface area contributed by atoms with Crippen LogP contribution in [0.3, 0.4) is 0 Å². The van der Waals surface area contributed by atoms with Gasteiger partial charge >= 0.3 is 0 Å². The number of piperidine rings is 1. The van der Waals surface area contributed by atoms with E-state index < -0.39 is 0 Å². The Bertz CT molecular complexity index is 1010. The number of thiazole rings is 1. The molecule has 1 aliphatic carbocycles. The molecule has 32 heavy (non-hydrogen) atoms. The number of carbonyl (C=O) groups is 2. The van der Waals surface area contributed by atoms with Gasteiger partial charge in [-0.25, -0.2) is 4.98 Å². The Balaban J connectivity index is 1.29. The predicted molar refractivity (Wildman–Crippen MR) is 130 cm³/mol. The lowest BCUT2D eigenvalue weighted by Crippen LogP contribution is -2.37. The zero-order valence-electron chi connectivity index (χ0n) is 19.3. The number of rotatable bonds is 4. The lowest BCUT2D eigenvalue weighted by molar-refractivity contribution is -0.127. The van der Waals surface area contributed by atoms with E-state index in [1.54, 1.807) is 11.3 Å². The van der Waals surface area contributed by atoms with Gasteiger partial charge in [0.1, 0.15) is 0 Å². The number of nitrogens with one attached hydrogen (secondary N) is 1. The summed E-state index contributed by atoms with van der Waals surface area (Å²) in [6, 6.07) is 6.08. The molecular weight excluding hydrogens is 418 g/mol. The Kier molecular flexibility index (Phi) is 6.79. The quantitative estimate of drug-likeness (QED) is 0.648. The van der Waals surface area contributed by atoms with Crippen LogP contribution >= 0.6 is 11.3 Å². The van der Waals surface area contributed by atoms with E-state index in [0.29, 0.717) is 19.0 Å². The van der Waals surface area contributed by atoms with Gasteiger partial charge in [0, 0.05) is 47.6 Å². The number of benzene rings is 1. The average Bonchev–Trinajstić information content (AvgIpc) is 3.29. The minimum absolute atomic E-state index is 0.0653. The molecule has 170 valence electrons. The lowest BCUT2D eigenvalue weighted by Gasteiger charge is -2.30. The van der Waals surface area contributed by atoms with Crippen molar-refractivity contribution in [3.05, 3.63) is 57.6 Å². The number of hydrogen-bond acceptors (Lipinski definition) is 4. The van der Waals surface area contributed by atoms with E-state index >= 15 is 0 Å². The van der Waals surface area contributed by atoms with Crippen LogP contribution in [-0.2, 0) is 27.8 Å². The number of anilines is 1. The molecule has 0 radical (unpaired) electrons. The third-order valence-electron chi connectivity index (χ3n) is 6.48. The van der Waals surface area contributed by atoms with E-state index in [1.807, 2.05) is 17.0 Å². The summed E-state index contributed by atoms with van der Waals surface area (Å²) in [5.41, 5.74) is 4.65. The number of amides is 2. The van der Waals surface area contributed by atoms with Crippen molar-refractivity contribution in [3.8, 4) is 0 Å². The first-order valence-electron chi connectivity index (χ1n) is 11.7. The molecule has 2 amide bonds. The number of fused-ring (bicyclic) bond motifs is 1. The molecule has 1 aromatic carbocycles. The molecule has 5 nitrogen and oxygen atoms in total. The number of aryl methyl sites for hydroxylation is 1. The first-order valence-corrected chi connectivity index (χ1v) is 12.5. The van der Waals surface area contributed by atoms with Crippen LogP contribution in [0.5, 0.6) is 0 Å². The highest BCUT2D eigenvalue weighted by Gasteiger charge is 2.26. The van der Waals surface area contributed by atoms with Crippen molar-refractivity contribution in [2.45, 2.75) is 70.6 Å². The van der Waals surface area contributed by atoms with E-state index in [2.05, 4.69) is 37.5 Å². The highest BCUT2D eigenvalue weighted by Crippen LogP contribution is 2.33. The van der Waals surface area contributed by atoms with Gasteiger partial charge in [0.05, 0.1) is 10.7 Å². The van der Waals surface area contributed by atoms with Gasteiger partial charge in [-0.3, -0.25) is 9.59 Å². The van der Waals surface area contributed by atoms with E-state index in [9.17, 15) is 9.59 Å². The van der Waals surface area contributed by atoms with Crippen LogP contribution in [0.2, 0.25) is 0 Å². The summed E-state index contributed by atoms with van der Waals surface area (Å²) >= 11 is 1.74. The molecule has 0 atom stereocenters. The van der Waals surface area contributed by atoms with Gasteiger partial charge < -0.3 is 10.2 Å². The molecule has 0 saturated carbocycles. The Labute approximate surface area is 194 Å². The smallest absolute Gasteiger partial charge is 0.248 e. The fraction of sp³-hybridized carbons (Fsp3) is 0.500. The molecule has 1 fully saturated rings. The van der Waals surface area contributed by atoms with Crippen LogP contribution in [0.15, 0.2) is 35.7 Å². The van der Waals surface area contributed by atoms with Gasteiger partial charge in [0.25, 0.3) is 0 Å². The molecule has 1 N–H and O–H groups in total. The van der Waals surface area contributed by atoms with Gasteiger partial charge in [-0.15, -0.1) is 11.3 Å². The molecule has 1 saturated heterocycles. The zero-order chi connectivity index (χ0) is 22.7. The Morgan fingerprint density at radius 2 is 1.88 bits per heavy atom. The summed E-state index contributed by atoms with van der Waals surface area (Å²) in [6.07, 6.45) is 9.04. The zero-order valence-corrected chi connectivity index (χ0v) is 20.1. The maximum absolute atomic E-state index is 12.6. The largest absolute Gasteiger partial charge is 0.339 e. The van der Waals surface area contributed by atoms with Crippen molar-refractivity contribution in [3.63, 3.8) is 0 Å². The highest BCUT2D eigenvalue weighted by molar-refractivity contribution is 7.09. The predicted octanol–water partition coefficient (Wildman–Crippen LogP) is 5.22. The average molecular weight is 452 g/mol. The summed E-state index contributed by atoms with van der Waals surface area (Å²) in [7, 11) is 0. The lowest BCUT2D eigenvalue weighted by atomic mass is 9.90. The Morgan fingerprint density at radius 1 is 1.12 bits per heavy atom. The summed E-state index contributed by atoms with van der Waals surface area (Å²) in [5, 5.41) is 6.32. The summed E-state index contributed by atoms with van der Waals surface area (Å²) in [5.74, 6) is 0.0737. The van der Waals surface area contributed by atoms with Gasteiger partial charge in [-0.2, -0.15) is 0 Å². The maximum Gasteiger partial charge on any atom is 0.248 e. The molecule has 2 aliphatic rings. The molecular formula is C26H33N3O2S. The number of hydrogen-bond donors (Lipinski definition) is 1. The molecule has 6 heteroatoms. The van der Waals surface area contributed by atoms with Gasteiger partial charge in [0.15, 0.2) is 0 Å². The van der Waals surface area contributed by atoms with E-state index in [1.165, 1.54) is 34.7 Å². The van der Waals surface area contributed by atoms with Gasteiger partial charge in [-0.05, 0) is 55.7 Å². The minimum Gasteiger partial charge on any atom is -0.339 e. The number of aromatic nitrogens is 1. The van der Waals surface area contributed by atoms with E-state index in [0.717, 1.165) is 43.5 Å². The SMILES string of the molecule is CC(C)(C)c1csc(C2CCN(C(=O)/C=C/C(=O)Nc3cccc4c3CCCC4)CC2)n1. The molecule has 0 spiro atoms. The van der Waals surface area contributed by atoms with Gasteiger partial charge in [0.2, 0.25) is 11.8 Å². The second-order valence-corrected chi connectivity index (χ2v) is 10.8. The van der Waals surface area contributed by atoms with Crippen molar-refractivity contribution in [2.75, 3.05) is 18.4 Å². The Hall–Kier alpha value is -2.47. The normalized spacial score (nSPS) is 17.4. The number of carbonyl (C=O) groups excluding carboxylic acids is 2. The summed E-state index contributed by atoms with van der Waals surface area (Å²) in [4.78, 5) is 31.7. The highest BCUT2D eigenvalue weighted by atomic mass is 32.1. The minimum atomic E-state index is -0.246. The summed E-state index contributed by atoms with van der Waals surface area (Å²) in [6.45, 7) is 7.95. The van der Waals surface area contributed by atoms with Crippen molar-refractivity contribution >= 4 is 28.8 Å². The molecule has 4 rings (SSSR count). The third kappa shape index (κ3) is 5.29. The van der Waals surface area contributed by atoms with Crippen molar-refractivity contribution < 1.29 is 9.59 Å². The van der Waals surface area contributed by atoms with Crippen molar-refractivity contribution in [1.29, 1.82) is 0 Å².